The first-order chi connectivity index (χ1) is 4.91. The molecule has 1 rings (SSSR count). The Labute approximate surface area is 61.9 Å². The molecule has 0 aliphatic rings. The van der Waals surface area contributed by atoms with Crippen molar-refractivity contribution < 1.29 is 23.2 Å². The highest BCUT2D eigenvalue weighted by atomic mass is 32.2. The molecule has 0 fully saturated rings. The molecule has 0 radical (unpaired) electrons. The van der Waals surface area contributed by atoms with Crippen molar-refractivity contribution in [1.82, 2.24) is 4.98 Å². The van der Waals surface area contributed by atoms with Crippen molar-refractivity contribution in [1.29, 1.82) is 0 Å². The van der Waals surface area contributed by atoms with Gasteiger partial charge in [-0.05, 0) is 0 Å². The second-order valence-electron chi connectivity index (χ2n) is 1.84. The van der Waals surface area contributed by atoms with Crippen LogP contribution in [-0.2, 0) is 10.1 Å². The number of rotatable bonds is 1. The molecule has 0 saturated carbocycles. The standard InChI is InChI=1S/C4H5NO5S/c6-3-1-2(4(7)5-3)11(8,9)10/h1,5-7H,(H,8,9,10). The molecule has 6 nitrogen and oxygen atoms in total. The van der Waals surface area contributed by atoms with Gasteiger partial charge in [0.15, 0.2) is 10.8 Å². The normalized spacial score (nSPS) is 11.7. The highest BCUT2D eigenvalue weighted by Crippen LogP contribution is 2.25. The lowest BCUT2D eigenvalue weighted by atomic mass is 10.6. The van der Waals surface area contributed by atoms with E-state index in [4.69, 9.17) is 14.8 Å². The zero-order valence-electron chi connectivity index (χ0n) is 5.14. The van der Waals surface area contributed by atoms with E-state index >= 15 is 0 Å². The Morgan fingerprint density at radius 3 is 2.09 bits per heavy atom. The smallest absolute Gasteiger partial charge is 0.300 e. The van der Waals surface area contributed by atoms with Crippen molar-refractivity contribution in [3.63, 3.8) is 0 Å². The molecule has 1 aromatic heterocycles. The average molecular weight is 179 g/mol. The van der Waals surface area contributed by atoms with E-state index in [0.717, 1.165) is 0 Å². The maximum atomic E-state index is 10.3. The van der Waals surface area contributed by atoms with Gasteiger partial charge in [-0.1, -0.05) is 0 Å². The lowest BCUT2D eigenvalue weighted by Crippen LogP contribution is -1.95. The predicted octanol–water partition coefficient (Wildman–Crippen LogP) is -0.327. The minimum absolute atomic E-state index is 0.532. The van der Waals surface area contributed by atoms with Crippen molar-refractivity contribution in [2.75, 3.05) is 0 Å². The maximum Gasteiger partial charge on any atom is 0.300 e. The Balaban J connectivity index is 3.36. The summed E-state index contributed by atoms with van der Waals surface area (Å²) in [6.45, 7) is 0. The van der Waals surface area contributed by atoms with E-state index in [1.165, 1.54) is 0 Å². The molecule has 1 heterocycles. The van der Waals surface area contributed by atoms with E-state index in [9.17, 15) is 8.42 Å². The first-order valence-corrected chi connectivity index (χ1v) is 3.93. The molecule has 0 aromatic carbocycles. The van der Waals surface area contributed by atoms with E-state index in [1.807, 2.05) is 4.98 Å². The van der Waals surface area contributed by atoms with Gasteiger partial charge in [0.25, 0.3) is 10.1 Å². The Morgan fingerprint density at radius 2 is 1.91 bits per heavy atom. The van der Waals surface area contributed by atoms with Crippen LogP contribution < -0.4 is 0 Å². The molecule has 1 aromatic rings. The van der Waals surface area contributed by atoms with Gasteiger partial charge in [0.05, 0.1) is 0 Å². The average Bonchev–Trinajstić information content (AvgIpc) is 2.08. The zero-order valence-corrected chi connectivity index (χ0v) is 5.96. The van der Waals surface area contributed by atoms with Gasteiger partial charge in [-0.3, -0.25) is 9.54 Å². The van der Waals surface area contributed by atoms with Crippen LogP contribution in [0, 0.1) is 0 Å². The van der Waals surface area contributed by atoms with Gasteiger partial charge in [-0.25, -0.2) is 0 Å². The van der Waals surface area contributed by atoms with Crippen LogP contribution in [0.4, 0.5) is 0 Å². The molecular formula is C4H5NO5S. The van der Waals surface area contributed by atoms with Crippen molar-refractivity contribution in [2.45, 2.75) is 4.90 Å². The van der Waals surface area contributed by atoms with Crippen LogP contribution in [0.15, 0.2) is 11.0 Å². The third kappa shape index (κ3) is 1.44. The van der Waals surface area contributed by atoms with Gasteiger partial charge in [0.2, 0.25) is 5.88 Å². The number of hydrogen-bond donors (Lipinski definition) is 4. The molecule has 0 aliphatic carbocycles. The lowest BCUT2D eigenvalue weighted by molar-refractivity contribution is 0.416. The quantitative estimate of drug-likeness (QED) is 0.441. The van der Waals surface area contributed by atoms with Crippen LogP contribution in [0.2, 0.25) is 0 Å². The molecule has 0 spiro atoms. The van der Waals surface area contributed by atoms with Crippen molar-refractivity contribution in [2.24, 2.45) is 0 Å². The summed E-state index contributed by atoms with van der Waals surface area (Å²) in [7, 11) is -4.45. The van der Waals surface area contributed by atoms with Crippen LogP contribution in [0.25, 0.3) is 0 Å². The molecule has 4 N–H and O–H groups in total. The van der Waals surface area contributed by atoms with Crippen molar-refractivity contribution in [3.8, 4) is 11.8 Å². The number of nitrogens with one attached hydrogen (secondary N) is 1. The SMILES string of the molecule is O=S(=O)(O)c1cc(O)[nH]c1O. The highest BCUT2D eigenvalue weighted by Gasteiger charge is 2.18. The van der Waals surface area contributed by atoms with Gasteiger partial charge in [0.1, 0.15) is 0 Å². The molecule has 0 unspecified atom stereocenters. The fourth-order valence-electron chi connectivity index (χ4n) is 0.608. The fourth-order valence-corrected chi connectivity index (χ4v) is 1.16. The van der Waals surface area contributed by atoms with Gasteiger partial charge in [-0.2, -0.15) is 8.42 Å². The van der Waals surface area contributed by atoms with E-state index in [2.05, 4.69) is 0 Å². The first-order valence-electron chi connectivity index (χ1n) is 2.49. The summed E-state index contributed by atoms with van der Waals surface area (Å²) in [6.07, 6.45) is 0. The second-order valence-corrected chi connectivity index (χ2v) is 3.23. The third-order valence-electron chi connectivity index (χ3n) is 1.03. The van der Waals surface area contributed by atoms with E-state index in [1.54, 1.807) is 0 Å². The minimum atomic E-state index is -4.45. The van der Waals surface area contributed by atoms with Gasteiger partial charge < -0.3 is 10.2 Å². The molecule has 62 valence electrons. The molecule has 0 saturated heterocycles. The Morgan fingerprint density at radius 1 is 1.36 bits per heavy atom. The Bertz CT molecular complexity index is 364. The van der Waals surface area contributed by atoms with Crippen molar-refractivity contribution >= 4 is 10.1 Å². The van der Waals surface area contributed by atoms with E-state index in [-0.39, 0.29) is 0 Å². The number of aromatic hydroxyl groups is 2. The molecule has 0 atom stereocenters. The molecule has 0 aliphatic heterocycles. The summed E-state index contributed by atoms with van der Waals surface area (Å²) < 4.78 is 29.0. The van der Waals surface area contributed by atoms with Crippen molar-refractivity contribution in [3.05, 3.63) is 6.07 Å². The molecule has 11 heavy (non-hydrogen) atoms. The van der Waals surface area contributed by atoms with Crippen LogP contribution in [0.1, 0.15) is 0 Å². The molecule has 7 heteroatoms. The van der Waals surface area contributed by atoms with Crippen LogP contribution >= 0.6 is 0 Å². The number of aromatic amines is 1. The van der Waals surface area contributed by atoms with Crippen LogP contribution in [0.3, 0.4) is 0 Å². The second kappa shape index (κ2) is 2.14. The number of aromatic nitrogens is 1. The minimum Gasteiger partial charge on any atom is -0.494 e. The Hall–Kier alpha value is -1.21. The largest absolute Gasteiger partial charge is 0.494 e. The van der Waals surface area contributed by atoms with Crippen LogP contribution in [0.5, 0.6) is 11.8 Å². The van der Waals surface area contributed by atoms with Crippen LogP contribution in [-0.4, -0.2) is 28.2 Å². The van der Waals surface area contributed by atoms with E-state index in [0.29, 0.717) is 6.07 Å². The number of H-pyrrole nitrogens is 1. The fraction of sp³-hybridized carbons (Fsp3) is 0. The summed E-state index contributed by atoms with van der Waals surface area (Å²) in [5.74, 6) is -1.32. The molecular weight excluding hydrogens is 174 g/mol. The topological polar surface area (TPSA) is 111 Å². The summed E-state index contributed by atoms with van der Waals surface area (Å²) in [4.78, 5) is 1.15. The van der Waals surface area contributed by atoms with Gasteiger partial charge >= 0.3 is 0 Å². The summed E-state index contributed by atoms with van der Waals surface area (Å²) in [5.41, 5.74) is 0. The summed E-state index contributed by atoms with van der Waals surface area (Å²) >= 11 is 0. The molecule has 0 amide bonds. The van der Waals surface area contributed by atoms with E-state index < -0.39 is 26.8 Å². The third-order valence-corrected chi connectivity index (χ3v) is 1.89. The van der Waals surface area contributed by atoms with Gasteiger partial charge in [0, 0.05) is 6.07 Å². The summed E-state index contributed by atoms with van der Waals surface area (Å²) in [5, 5.41) is 17.3. The van der Waals surface area contributed by atoms with Gasteiger partial charge in [-0.15, -0.1) is 0 Å². The monoisotopic (exact) mass is 179 g/mol. The predicted molar refractivity (Wildman–Crippen MR) is 33.9 cm³/mol. The maximum absolute atomic E-state index is 10.3. The molecule has 0 bridgehead atoms. The Kier molecular flexibility index (Phi) is 1.53. The lowest BCUT2D eigenvalue weighted by Gasteiger charge is -1.89. The first kappa shape index (κ1) is 7.89. The zero-order chi connectivity index (χ0) is 8.65. The summed E-state index contributed by atoms with van der Waals surface area (Å²) in [6, 6.07) is 0.699. The highest BCUT2D eigenvalue weighted by molar-refractivity contribution is 7.86. The number of hydrogen-bond acceptors (Lipinski definition) is 4.